The monoisotopic (exact) mass is 428 g/mol. The lowest BCUT2D eigenvalue weighted by molar-refractivity contribution is -0.127. The van der Waals surface area contributed by atoms with Crippen LogP contribution in [-0.4, -0.2) is 24.6 Å². The molecule has 0 fully saturated rings. The van der Waals surface area contributed by atoms with E-state index in [0.29, 0.717) is 0 Å². The van der Waals surface area contributed by atoms with E-state index in [-0.39, 0.29) is 11.3 Å². The molecule has 25 heavy (non-hydrogen) atoms. The first-order valence-corrected chi connectivity index (χ1v) is 9.03. The molecule has 4 nitrogen and oxygen atoms in total. The van der Waals surface area contributed by atoms with Crippen LogP contribution < -0.4 is 10.6 Å². The van der Waals surface area contributed by atoms with Gasteiger partial charge in [0.05, 0.1) is 5.75 Å². The number of halogens is 3. The third-order valence-electron chi connectivity index (χ3n) is 3.27. The second-order valence-electron chi connectivity index (χ2n) is 5.03. The van der Waals surface area contributed by atoms with E-state index in [2.05, 4.69) is 26.6 Å². The Morgan fingerprint density at radius 3 is 2.40 bits per heavy atom. The maximum absolute atomic E-state index is 13.4. The molecule has 132 valence electrons. The number of nitrogens with one attached hydrogen (secondary N) is 2. The number of likely N-dealkylation sites (N-methyl/N-ethyl adjacent to an activating group) is 1. The SMILES string of the molecule is CNC(=O)C(NC(=O)CSc1ccc(Br)cc1)c1ccc(F)c(F)c1. The van der Waals surface area contributed by atoms with Gasteiger partial charge in [0, 0.05) is 16.4 Å². The van der Waals surface area contributed by atoms with Gasteiger partial charge in [-0.15, -0.1) is 11.8 Å². The smallest absolute Gasteiger partial charge is 0.246 e. The van der Waals surface area contributed by atoms with Gasteiger partial charge >= 0.3 is 0 Å². The molecule has 2 aromatic carbocycles. The van der Waals surface area contributed by atoms with Gasteiger partial charge < -0.3 is 10.6 Å². The molecule has 0 aliphatic rings. The highest BCUT2D eigenvalue weighted by Crippen LogP contribution is 2.21. The van der Waals surface area contributed by atoms with Crippen molar-refractivity contribution in [1.29, 1.82) is 0 Å². The van der Waals surface area contributed by atoms with Gasteiger partial charge in [0.15, 0.2) is 11.6 Å². The van der Waals surface area contributed by atoms with Crippen molar-refractivity contribution in [3.8, 4) is 0 Å². The summed E-state index contributed by atoms with van der Waals surface area (Å²) in [7, 11) is 1.40. The molecule has 0 bridgehead atoms. The van der Waals surface area contributed by atoms with Crippen LogP contribution in [0.25, 0.3) is 0 Å². The van der Waals surface area contributed by atoms with Crippen LogP contribution in [0.4, 0.5) is 8.78 Å². The standard InChI is InChI=1S/C17H15BrF2N2O2S/c1-21-17(24)16(10-2-7-13(19)14(20)8-10)22-15(23)9-25-12-5-3-11(18)4-6-12/h2-8,16H,9H2,1H3,(H,21,24)(H,22,23). The van der Waals surface area contributed by atoms with Gasteiger partial charge in [-0.2, -0.15) is 0 Å². The van der Waals surface area contributed by atoms with Crippen LogP contribution in [0.15, 0.2) is 51.8 Å². The molecule has 1 unspecified atom stereocenters. The predicted octanol–water partition coefficient (Wildman–Crippen LogP) is 3.42. The van der Waals surface area contributed by atoms with Crippen molar-refractivity contribution in [2.75, 3.05) is 12.8 Å². The lowest BCUT2D eigenvalue weighted by atomic mass is 10.1. The summed E-state index contributed by atoms with van der Waals surface area (Å²) in [4.78, 5) is 25.0. The fourth-order valence-corrected chi connectivity index (χ4v) is 2.99. The van der Waals surface area contributed by atoms with Crippen molar-refractivity contribution < 1.29 is 18.4 Å². The molecule has 2 amide bonds. The second-order valence-corrected chi connectivity index (χ2v) is 7.00. The van der Waals surface area contributed by atoms with Crippen LogP contribution in [0.5, 0.6) is 0 Å². The highest BCUT2D eigenvalue weighted by molar-refractivity contribution is 9.10. The van der Waals surface area contributed by atoms with Gasteiger partial charge in [-0.1, -0.05) is 22.0 Å². The quantitative estimate of drug-likeness (QED) is 0.692. The molecular weight excluding hydrogens is 414 g/mol. The topological polar surface area (TPSA) is 58.2 Å². The number of thioether (sulfide) groups is 1. The number of carbonyl (C=O) groups excluding carboxylic acids is 2. The van der Waals surface area contributed by atoms with Crippen LogP contribution in [0.3, 0.4) is 0 Å². The van der Waals surface area contributed by atoms with Gasteiger partial charge in [0.25, 0.3) is 0 Å². The van der Waals surface area contributed by atoms with Crippen molar-refractivity contribution in [2.24, 2.45) is 0 Å². The first-order valence-electron chi connectivity index (χ1n) is 7.25. The van der Waals surface area contributed by atoms with Crippen LogP contribution in [0.2, 0.25) is 0 Å². The maximum Gasteiger partial charge on any atom is 0.246 e. The fourth-order valence-electron chi connectivity index (χ4n) is 2.02. The van der Waals surface area contributed by atoms with E-state index in [1.54, 1.807) is 0 Å². The Kier molecular flexibility index (Phi) is 6.95. The van der Waals surface area contributed by atoms with E-state index in [0.717, 1.165) is 21.5 Å². The molecule has 0 aliphatic heterocycles. The van der Waals surface area contributed by atoms with Gasteiger partial charge in [0.2, 0.25) is 11.8 Å². The van der Waals surface area contributed by atoms with E-state index in [1.165, 1.54) is 24.9 Å². The van der Waals surface area contributed by atoms with Gasteiger partial charge in [-0.05, 0) is 42.0 Å². The van der Waals surface area contributed by atoms with Gasteiger partial charge in [-0.3, -0.25) is 9.59 Å². The number of hydrogen-bond acceptors (Lipinski definition) is 3. The number of amides is 2. The van der Waals surface area contributed by atoms with Gasteiger partial charge in [0.1, 0.15) is 6.04 Å². The van der Waals surface area contributed by atoms with Crippen molar-refractivity contribution in [3.63, 3.8) is 0 Å². The number of carbonyl (C=O) groups is 2. The minimum absolute atomic E-state index is 0.0821. The van der Waals surface area contributed by atoms with Crippen LogP contribution in [0, 0.1) is 11.6 Å². The highest BCUT2D eigenvalue weighted by atomic mass is 79.9. The summed E-state index contributed by atoms with van der Waals surface area (Å²) in [5.74, 6) is -2.93. The van der Waals surface area contributed by atoms with E-state index in [1.807, 2.05) is 24.3 Å². The van der Waals surface area contributed by atoms with E-state index in [9.17, 15) is 18.4 Å². The Morgan fingerprint density at radius 2 is 1.80 bits per heavy atom. The number of benzene rings is 2. The van der Waals surface area contributed by atoms with Gasteiger partial charge in [-0.25, -0.2) is 8.78 Å². The molecule has 1 atom stereocenters. The summed E-state index contributed by atoms with van der Waals surface area (Å²) in [5.41, 5.74) is 0.167. The lowest BCUT2D eigenvalue weighted by Crippen LogP contribution is -2.39. The van der Waals surface area contributed by atoms with E-state index in [4.69, 9.17) is 0 Å². The molecule has 0 aliphatic carbocycles. The summed E-state index contributed by atoms with van der Waals surface area (Å²) < 4.78 is 27.4. The first kappa shape index (κ1) is 19.4. The molecule has 0 radical (unpaired) electrons. The van der Waals surface area contributed by atoms with Crippen molar-refractivity contribution in [1.82, 2.24) is 10.6 Å². The molecule has 8 heteroatoms. The molecule has 0 saturated carbocycles. The molecule has 2 N–H and O–H groups in total. The largest absolute Gasteiger partial charge is 0.357 e. The molecule has 0 heterocycles. The molecule has 0 aromatic heterocycles. The minimum Gasteiger partial charge on any atom is -0.357 e. The minimum atomic E-state index is -1.10. The maximum atomic E-state index is 13.4. The first-order chi connectivity index (χ1) is 11.9. The number of rotatable bonds is 6. The van der Waals surface area contributed by atoms with E-state index >= 15 is 0 Å². The third kappa shape index (κ3) is 5.54. The summed E-state index contributed by atoms with van der Waals surface area (Å²) in [6.07, 6.45) is 0. The predicted molar refractivity (Wildman–Crippen MR) is 96.2 cm³/mol. The van der Waals surface area contributed by atoms with E-state index < -0.39 is 29.5 Å². The molecule has 0 saturated heterocycles. The lowest BCUT2D eigenvalue weighted by Gasteiger charge is -2.18. The van der Waals surface area contributed by atoms with Crippen molar-refractivity contribution >= 4 is 39.5 Å². The average molecular weight is 429 g/mol. The zero-order chi connectivity index (χ0) is 18.4. The van der Waals surface area contributed by atoms with Crippen LogP contribution >= 0.6 is 27.7 Å². The van der Waals surface area contributed by atoms with Crippen LogP contribution in [-0.2, 0) is 9.59 Å². The Morgan fingerprint density at radius 1 is 1.12 bits per heavy atom. The second kappa shape index (κ2) is 8.96. The van der Waals surface area contributed by atoms with Crippen molar-refractivity contribution in [2.45, 2.75) is 10.9 Å². The summed E-state index contributed by atoms with van der Waals surface area (Å²) in [6.45, 7) is 0. The summed E-state index contributed by atoms with van der Waals surface area (Å²) >= 11 is 4.63. The Labute approximate surface area is 156 Å². The number of hydrogen-bond donors (Lipinski definition) is 2. The highest BCUT2D eigenvalue weighted by Gasteiger charge is 2.23. The fraction of sp³-hybridized carbons (Fsp3) is 0.176. The Balaban J connectivity index is 2.05. The average Bonchev–Trinajstić information content (AvgIpc) is 2.61. The molecule has 2 aromatic rings. The summed E-state index contributed by atoms with van der Waals surface area (Å²) in [6, 6.07) is 9.41. The Hall–Kier alpha value is -1.93. The summed E-state index contributed by atoms with van der Waals surface area (Å²) in [5, 5.41) is 4.94. The van der Waals surface area contributed by atoms with Crippen LogP contribution in [0.1, 0.15) is 11.6 Å². The zero-order valence-electron chi connectivity index (χ0n) is 13.2. The molecule has 0 spiro atoms. The van der Waals surface area contributed by atoms with Crippen molar-refractivity contribution in [3.05, 3.63) is 64.1 Å². The third-order valence-corrected chi connectivity index (χ3v) is 4.82. The molecule has 2 rings (SSSR count). The molecular formula is C17H15BrF2N2O2S. The zero-order valence-corrected chi connectivity index (χ0v) is 15.6. The Bertz CT molecular complexity index is 772. The normalized spacial score (nSPS) is 11.7.